The van der Waals surface area contributed by atoms with Crippen molar-refractivity contribution in [3.05, 3.63) is 29.3 Å². The lowest BCUT2D eigenvalue weighted by Crippen LogP contribution is -2.12. The van der Waals surface area contributed by atoms with Crippen molar-refractivity contribution >= 4 is 5.69 Å². The van der Waals surface area contributed by atoms with Crippen LogP contribution in [-0.2, 0) is 9.47 Å². The summed E-state index contributed by atoms with van der Waals surface area (Å²) < 4.78 is 10.2. The Morgan fingerprint density at radius 2 is 2.12 bits per heavy atom. The van der Waals surface area contributed by atoms with E-state index in [-0.39, 0.29) is 0 Å². The van der Waals surface area contributed by atoms with E-state index < -0.39 is 0 Å². The zero-order valence-electron chi connectivity index (χ0n) is 10.3. The Bertz CT molecular complexity index is 385. The molecular formula is C13H18N2O2. The van der Waals surface area contributed by atoms with E-state index in [0.29, 0.717) is 31.9 Å². The predicted octanol–water partition coefficient (Wildman–Crippen LogP) is 1.94. The third-order valence-electron chi connectivity index (χ3n) is 2.29. The van der Waals surface area contributed by atoms with Gasteiger partial charge in [-0.2, -0.15) is 5.26 Å². The van der Waals surface area contributed by atoms with E-state index in [1.807, 2.05) is 25.1 Å². The van der Waals surface area contributed by atoms with E-state index >= 15 is 0 Å². The second-order valence-electron chi connectivity index (χ2n) is 3.69. The van der Waals surface area contributed by atoms with E-state index in [1.165, 1.54) is 0 Å². The molecule has 0 saturated carbocycles. The minimum atomic E-state index is 0.594. The number of nitriles is 1. The minimum Gasteiger partial charge on any atom is -0.382 e. The van der Waals surface area contributed by atoms with Crippen molar-refractivity contribution in [1.29, 1.82) is 5.26 Å². The number of ether oxygens (including phenoxy) is 2. The summed E-state index contributed by atoms with van der Waals surface area (Å²) in [4.78, 5) is 0. The lowest BCUT2D eigenvalue weighted by molar-refractivity contribution is 0.0759. The van der Waals surface area contributed by atoms with Crippen LogP contribution in [0.15, 0.2) is 18.2 Å². The molecule has 1 aromatic carbocycles. The van der Waals surface area contributed by atoms with E-state index in [4.69, 9.17) is 14.7 Å². The topological polar surface area (TPSA) is 54.3 Å². The van der Waals surface area contributed by atoms with Crippen molar-refractivity contribution in [3.8, 4) is 6.07 Å². The summed E-state index contributed by atoms with van der Waals surface area (Å²) in [5, 5.41) is 12.1. The Morgan fingerprint density at radius 3 is 2.82 bits per heavy atom. The quantitative estimate of drug-likeness (QED) is 0.732. The number of rotatable bonds is 7. The van der Waals surface area contributed by atoms with Gasteiger partial charge < -0.3 is 14.8 Å². The van der Waals surface area contributed by atoms with E-state index in [1.54, 1.807) is 7.11 Å². The first-order valence-electron chi connectivity index (χ1n) is 5.59. The van der Waals surface area contributed by atoms with Gasteiger partial charge in [-0.25, -0.2) is 0 Å². The third kappa shape index (κ3) is 4.85. The maximum absolute atomic E-state index is 8.94. The normalized spacial score (nSPS) is 9.94. The fraction of sp³-hybridized carbons (Fsp3) is 0.462. The number of methoxy groups -OCH3 is 1. The predicted molar refractivity (Wildman–Crippen MR) is 67.1 cm³/mol. The van der Waals surface area contributed by atoms with Crippen LogP contribution in [0.25, 0.3) is 0 Å². The van der Waals surface area contributed by atoms with Gasteiger partial charge >= 0.3 is 0 Å². The maximum Gasteiger partial charge on any atom is 0.101 e. The highest BCUT2D eigenvalue weighted by molar-refractivity contribution is 5.58. The third-order valence-corrected chi connectivity index (χ3v) is 2.29. The molecule has 1 N–H and O–H groups in total. The molecule has 0 saturated heterocycles. The summed E-state index contributed by atoms with van der Waals surface area (Å²) in [6.45, 7) is 4.48. The number of hydrogen-bond donors (Lipinski definition) is 1. The lowest BCUT2D eigenvalue weighted by atomic mass is 10.1. The van der Waals surface area contributed by atoms with Gasteiger partial charge in [-0.1, -0.05) is 6.07 Å². The summed E-state index contributed by atoms with van der Waals surface area (Å²) >= 11 is 0. The summed E-state index contributed by atoms with van der Waals surface area (Å²) in [7, 11) is 1.65. The summed E-state index contributed by atoms with van der Waals surface area (Å²) in [5.74, 6) is 0. The highest BCUT2D eigenvalue weighted by Crippen LogP contribution is 2.15. The monoisotopic (exact) mass is 234 g/mol. The number of nitrogens with zero attached hydrogens (tertiary/aromatic N) is 1. The molecule has 4 nitrogen and oxygen atoms in total. The molecule has 1 rings (SSSR count). The minimum absolute atomic E-state index is 0.594. The van der Waals surface area contributed by atoms with E-state index in [9.17, 15) is 0 Å². The van der Waals surface area contributed by atoms with Gasteiger partial charge in [0, 0.05) is 13.7 Å². The molecule has 4 heteroatoms. The molecule has 0 radical (unpaired) electrons. The lowest BCUT2D eigenvalue weighted by Gasteiger charge is -2.09. The van der Waals surface area contributed by atoms with Crippen LogP contribution >= 0.6 is 0 Å². The standard InChI is InChI=1S/C13H18N2O2/c1-11-3-4-12(10-14)13(9-11)15-5-6-17-8-7-16-2/h3-4,9,15H,5-8H2,1-2H3. The zero-order chi connectivity index (χ0) is 12.5. The molecule has 0 spiro atoms. The number of aryl methyl sites for hydroxylation is 1. The molecule has 17 heavy (non-hydrogen) atoms. The van der Waals surface area contributed by atoms with Crippen molar-refractivity contribution in [2.24, 2.45) is 0 Å². The van der Waals surface area contributed by atoms with Gasteiger partial charge in [0.25, 0.3) is 0 Å². The Morgan fingerprint density at radius 1 is 1.29 bits per heavy atom. The first-order valence-corrected chi connectivity index (χ1v) is 5.59. The Hall–Kier alpha value is -1.57. The molecular weight excluding hydrogens is 216 g/mol. The van der Waals surface area contributed by atoms with Crippen LogP contribution in [0.2, 0.25) is 0 Å². The van der Waals surface area contributed by atoms with Crippen LogP contribution in [0, 0.1) is 18.3 Å². The van der Waals surface area contributed by atoms with Gasteiger partial charge in [-0.3, -0.25) is 0 Å². The molecule has 0 aliphatic heterocycles. The Labute approximate surface area is 102 Å². The molecule has 0 aromatic heterocycles. The second kappa shape index (κ2) is 7.66. The van der Waals surface area contributed by atoms with Crippen LogP contribution < -0.4 is 5.32 Å². The zero-order valence-corrected chi connectivity index (χ0v) is 10.3. The highest BCUT2D eigenvalue weighted by atomic mass is 16.5. The van der Waals surface area contributed by atoms with Crippen LogP contribution in [0.1, 0.15) is 11.1 Å². The van der Waals surface area contributed by atoms with Crippen molar-refractivity contribution in [2.75, 3.05) is 38.8 Å². The maximum atomic E-state index is 8.94. The van der Waals surface area contributed by atoms with Crippen molar-refractivity contribution < 1.29 is 9.47 Å². The largest absolute Gasteiger partial charge is 0.382 e. The number of anilines is 1. The molecule has 0 heterocycles. The van der Waals surface area contributed by atoms with Crippen LogP contribution in [0.4, 0.5) is 5.69 Å². The first-order chi connectivity index (χ1) is 8.27. The number of hydrogen-bond acceptors (Lipinski definition) is 4. The Kier molecular flexibility index (Phi) is 6.08. The summed E-state index contributed by atoms with van der Waals surface area (Å²) in [6, 6.07) is 7.88. The second-order valence-corrected chi connectivity index (χ2v) is 3.69. The average molecular weight is 234 g/mol. The van der Waals surface area contributed by atoms with Gasteiger partial charge in [0.1, 0.15) is 6.07 Å². The molecule has 0 aliphatic rings. The fourth-order valence-electron chi connectivity index (χ4n) is 1.40. The smallest absolute Gasteiger partial charge is 0.101 e. The molecule has 0 aliphatic carbocycles. The van der Waals surface area contributed by atoms with Crippen LogP contribution in [0.5, 0.6) is 0 Å². The van der Waals surface area contributed by atoms with Gasteiger partial charge in [0.15, 0.2) is 0 Å². The molecule has 0 bridgehead atoms. The average Bonchev–Trinajstić information content (AvgIpc) is 2.34. The number of nitrogens with one attached hydrogen (secondary N) is 1. The molecule has 1 aromatic rings. The van der Waals surface area contributed by atoms with Gasteiger partial charge in [0.2, 0.25) is 0 Å². The van der Waals surface area contributed by atoms with E-state index in [0.717, 1.165) is 11.3 Å². The molecule has 0 atom stereocenters. The van der Waals surface area contributed by atoms with Crippen LogP contribution in [0.3, 0.4) is 0 Å². The molecule has 0 unspecified atom stereocenters. The van der Waals surface area contributed by atoms with Crippen molar-refractivity contribution in [2.45, 2.75) is 6.92 Å². The van der Waals surface area contributed by atoms with Gasteiger partial charge in [0.05, 0.1) is 31.1 Å². The molecule has 92 valence electrons. The van der Waals surface area contributed by atoms with Gasteiger partial charge in [-0.15, -0.1) is 0 Å². The number of benzene rings is 1. The van der Waals surface area contributed by atoms with Crippen molar-refractivity contribution in [1.82, 2.24) is 0 Å². The fourth-order valence-corrected chi connectivity index (χ4v) is 1.40. The Balaban J connectivity index is 2.36. The first kappa shape index (κ1) is 13.5. The van der Waals surface area contributed by atoms with Gasteiger partial charge in [-0.05, 0) is 24.6 Å². The highest BCUT2D eigenvalue weighted by Gasteiger charge is 2.00. The summed E-state index contributed by atoms with van der Waals surface area (Å²) in [6.07, 6.45) is 0. The SMILES string of the molecule is COCCOCCNc1cc(C)ccc1C#N. The van der Waals surface area contributed by atoms with E-state index in [2.05, 4.69) is 11.4 Å². The summed E-state index contributed by atoms with van der Waals surface area (Å²) in [5.41, 5.74) is 2.65. The molecule has 0 amide bonds. The van der Waals surface area contributed by atoms with Crippen molar-refractivity contribution in [3.63, 3.8) is 0 Å². The molecule has 0 fully saturated rings. The van der Waals surface area contributed by atoms with Crippen LogP contribution in [-0.4, -0.2) is 33.5 Å².